The van der Waals surface area contributed by atoms with E-state index in [-0.39, 0.29) is 16.5 Å². The van der Waals surface area contributed by atoms with Crippen LogP contribution in [0.2, 0.25) is 5.02 Å². The van der Waals surface area contributed by atoms with Crippen LogP contribution in [0, 0.1) is 6.92 Å². The number of hydrogen-bond donors (Lipinski definition) is 2. The number of aryl methyl sites for hydroxylation is 1. The van der Waals surface area contributed by atoms with Crippen molar-refractivity contribution in [2.75, 3.05) is 10.5 Å². The van der Waals surface area contributed by atoms with E-state index in [1.54, 1.807) is 13.8 Å². The molecular weight excluding hydrogens is 238 g/mol. The van der Waals surface area contributed by atoms with E-state index in [0.717, 1.165) is 0 Å². The average Bonchev–Trinajstić information content (AvgIpc) is 2.14. The van der Waals surface area contributed by atoms with Gasteiger partial charge in [0, 0.05) is 0 Å². The molecule has 0 unspecified atom stereocenters. The fourth-order valence-corrected chi connectivity index (χ4v) is 1.88. The molecule has 0 aromatic heterocycles. The van der Waals surface area contributed by atoms with Crippen molar-refractivity contribution in [1.29, 1.82) is 0 Å². The summed E-state index contributed by atoms with van der Waals surface area (Å²) in [6.45, 7) is 3.23. The summed E-state index contributed by atoms with van der Waals surface area (Å²) in [5, 5.41) is 9.39. The van der Waals surface area contributed by atoms with Crippen molar-refractivity contribution in [3.63, 3.8) is 0 Å². The molecule has 0 saturated heterocycles. The summed E-state index contributed by atoms with van der Waals surface area (Å²) in [7, 11) is -3.31. The second-order valence-electron chi connectivity index (χ2n) is 3.12. The van der Waals surface area contributed by atoms with Crippen LogP contribution < -0.4 is 4.72 Å². The lowest BCUT2D eigenvalue weighted by Crippen LogP contribution is -2.15. The third-order valence-corrected chi connectivity index (χ3v) is 3.53. The molecular formula is C9H12ClNO3S. The fourth-order valence-electron chi connectivity index (χ4n) is 1.02. The van der Waals surface area contributed by atoms with E-state index < -0.39 is 10.0 Å². The summed E-state index contributed by atoms with van der Waals surface area (Å²) >= 11 is 5.67. The molecule has 0 radical (unpaired) electrons. The molecule has 84 valence electrons. The third-order valence-electron chi connectivity index (χ3n) is 1.94. The molecule has 2 N–H and O–H groups in total. The van der Waals surface area contributed by atoms with Gasteiger partial charge in [0.25, 0.3) is 0 Å². The van der Waals surface area contributed by atoms with Gasteiger partial charge in [0.2, 0.25) is 10.0 Å². The van der Waals surface area contributed by atoms with Crippen LogP contribution in [0.15, 0.2) is 12.1 Å². The van der Waals surface area contributed by atoms with Gasteiger partial charge in [-0.3, -0.25) is 4.72 Å². The lowest BCUT2D eigenvalue weighted by Gasteiger charge is -2.10. The zero-order chi connectivity index (χ0) is 11.6. The maximum Gasteiger partial charge on any atom is 0.232 e. The predicted molar refractivity (Wildman–Crippen MR) is 60.9 cm³/mol. The lowest BCUT2D eigenvalue weighted by atomic mass is 10.2. The summed E-state index contributed by atoms with van der Waals surface area (Å²) in [5.41, 5.74) is 1.01. The smallest absolute Gasteiger partial charge is 0.232 e. The van der Waals surface area contributed by atoms with Crippen LogP contribution in [0.5, 0.6) is 5.75 Å². The van der Waals surface area contributed by atoms with Gasteiger partial charge in [0.15, 0.2) is 0 Å². The number of rotatable bonds is 3. The van der Waals surface area contributed by atoms with E-state index in [4.69, 9.17) is 11.6 Å². The van der Waals surface area contributed by atoms with Gasteiger partial charge in [-0.1, -0.05) is 11.6 Å². The standard InChI is InChI=1S/C9H12ClNO3S/c1-3-15(13,14)11-8-5-7(10)9(12)4-6(8)2/h4-5,11-12H,3H2,1-2H3. The van der Waals surface area contributed by atoms with Crippen molar-refractivity contribution >= 4 is 27.3 Å². The van der Waals surface area contributed by atoms with Gasteiger partial charge in [-0.25, -0.2) is 8.42 Å². The van der Waals surface area contributed by atoms with Crippen molar-refractivity contribution in [3.8, 4) is 5.75 Å². The number of phenols is 1. The molecule has 1 aromatic rings. The van der Waals surface area contributed by atoms with E-state index in [1.165, 1.54) is 12.1 Å². The van der Waals surface area contributed by atoms with E-state index >= 15 is 0 Å². The van der Waals surface area contributed by atoms with Gasteiger partial charge < -0.3 is 5.11 Å². The van der Waals surface area contributed by atoms with Crippen molar-refractivity contribution in [1.82, 2.24) is 0 Å². The first-order valence-electron chi connectivity index (χ1n) is 4.35. The number of phenolic OH excluding ortho intramolecular Hbond substituents is 1. The van der Waals surface area contributed by atoms with Crippen molar-refractivity contribution in [3.05, 3.63) is 22.7 Å². The summed E-state index contributed by atoms with van der Waals surface area (Å²) in [4.78, 5) is 0. The zero-order valence-electron chi connectivity index (χ0n) is 8.41. The van der Waals surface area contributed by atoms with Crippen LogP contribution in [0.25, 0.3) is 0 Å². The topological polar surface area (TPSA) is 66.4 Å². The monoisotopic (exact) mass is 249 g/mol. The van der Waals surface area contributed by atoms with Gasteiger partial charge in [0.1, 0.15) is 5.75 Å². The van der Waals surface area contributed by atoms with Gasteiger partial charge in [0.05, 0.1) is 16.5 Å². The minimum Gasteiger partial charge on any atom is -0.506 e. The molecule has 0 spiro atoms. The van der Waals surface area contributed by atoms with Crippen LogP contribution in [0.4, 0.5) is 5.69 Å². The number of nitrogens with one attached hydrogen (secondary N) is 1. The molecule has 0 bridgehead atoms. The number of anilines is 1. The SMILES string of the molecule is CCS(=O)(=O)Nc1cc(Cl)c(O)cc1C. The molecule has 1 aromatic carbocycles. The molecule has 1 rings (SSSR count). The molecule has 0 aliphatic rings. The quantitative estimate of drug-likeness (QED) is 0.807. The van der Waals surface area contributed by atoms with Gasteiger partial charge in [-0.2, -0.15) is 0 Å². The first kappa shape index (κ1) is 12.1. The van der Waals surface area contributed by atoms with Crippen molar-refractivity contribution in [2.45, 2.75) is 13.8 Å². The normalized spacial score (nSPS) is 11.4. The van der Waals surface area contributed by atoms with Gasteiger partial charge in [-0.05, 0) is 31.5 Å². The molecule has 0 saturated carbocycles. The Kier molecular flexibility index (Phi) is 3.46. The Hall–Kier alpha value is -0.940. The van der Waals surface area contributed by atoms with E-state index in [9.17, 15) is 13.5 Å². The second-order valence-corrected chi connectivity index (χ2v) is 5.54. The van der Waals surface area contributed by atoms with Crippen LogP contribution in [0.1, 0.15) is 12.5 Å². The fraction of sp³-hybridized carbons (Fsp3) is 0.333. The van der Waals surface area contributed by atoms with Crippen LogP contribution in [-0.2, 0) is 10.0 Å². The molecule has 0 fully saturated rings. The highest BCUT2D eigenvalue weighted by molar-refractivity contribution is 7.92. The first-order chi connectivity index (χ1) is 6.85. The van der Waals surface area contributed by atoms with E-state index in [0.29, 0.717) is 11.3 Å². The second kappa shape index (κ2) is 4.28. The van der Waals surface area contributed by atoms with Crippen LogP contribution in [0.3, 0.4) is 0 Å². The summed E-state index contributed by atoms with van der Waals surface area (Å²) in [6.07, 6.45) is 0. The number of benzene rings is 1. The van der Waals surface area contributed by atoms with Crippen molar-refractivity contribution < 1.29 is 13.5 Å². The highest BCUT2D eigenvalue weighted by Crippen LogP contribution is 2.30. The Morgan fingerprint density at radius 1 is 1.47 bits per heavy atom. The molecule has 0 aliphatic heterocycles. The van der Waals surface area contributed by atoms with Crippen LogP contribution in [-0.4, -0.2) is 19.3 Å². The van der Waals surface area contributed by atoms with E-state index in [1.807, 2.05) is 0 Å². The third kappa shape index (κ3) is 3.00. The molecule has 0 aliphatic carbocycles. The number of halogens is 1. The van der Waals surface area contributed by atoms with Crippen LogP contribution >= 0.6 is 11.6 Å². The highest BCUT2D eigenvalue weighted by atomic mass is 35.5. The maximum absolute atomic E-state index is 11.3. The Bertz CT molecular complexity index is 470. The summed E-state index contributed by atoms with van der Waals surface area (Å²) in [5.74, 6) is -0.0705. The van der Waals surface area contributed by atoms with Crippen molar-refractivity contribution in [2.24, 2.45) is 0 Å². The molecule has 4 nitrogen and oxygen atoms in total. The number of hydrogen-bond acceptors (Lipinski definition) is 3. The minimum atomic E-state index is -3.31. The molecule has 15 heavy (non-hydrogen) atoms. The molecule has 6 heteroatoms. The molecule has 0 heterocycles. The average molecular weight is 250 g/mol. The minimum absolute atomic E-state index is 0.00899. The van der Waals surface area contributed by atoms with Gasteiger partial charge in [-0.15, -0.1) is 0 Å². The number of sulfonamides is 1. The summed E-state index contributed by atoms with van der Waals surface area (Å²) in [6, 6.07) is 2.80. The Balaban J connectivity index is 3.12. The number of aromatic hydroxyl groups is 1. The molecule has 0 atom stereocenters. The summed E-state index contributed by atoms with van der Waals surface area (Å²) < 4.78 is 25.0. The zero-order valence-corrected chi connectivity index (χ0v) is 9.98. The Morgan fingerprint density at radius 2 is 2.07 bits per heavy atom. The largest absolute Gasteiger partial charge is 0.506 e. The van der Waals surface area contributed by atoms with Gasteiger partial charge >= 0.3 is 0 Å². The predicted octanol–water partition coefficient (Wildman–Crippen LogP) is 2.12. The first-order valence-corrected chi connectivity index (χ1v) is 6.38. The Morgan fingerprint density at radius 3 is 2.60 bits per heavy atom. The molecule has 0 amide bonds. The van der Waals surface area contributed by atoms with E-state index in [2.05, 4.69) is 4.72 Å². The lowest BCUT2D eigenvalue weighted by molar-refractivity contribution is 0.475. The Labute approximate surface area is 93.9 Å². The maximum atomic E-state index is 11.3. The highest BCUT2D eigenvalue weighted by Gasteiger charge is 2.11.